The molecule has 1 aliphatic heterocycles. The van der Waals surface area contributed by atoms with Crippen LogP contribution in [-0.2, 0) is 6.18 Å². The molecule has 1 amide bonds. The molecule has 0 spiro atoms. The minimum Gasteiger partial charge on any atom is -0.331 e. The molecule has 1 atom stereocenters. The molecule has 1 fully saturated rings. The van der Waals surface area contributed by atoms with Crippen molar-refractivity contribution >= 4 is 17.6 Å². The summed E-state index contributed by atoms with van der Waals surface area (Å²) in [5.74, 6) is -0.267. The van der Waals surface area contributed by atoms with Gasteiger partial charge in [0.05, 0.1) is 35.2 Å². The number of amides is 1. The largest absolute Gasteiger partial charge is 0.419 e. The Balaban J connectivity index is 1.61. The fourth-order valence-corrected chi connectivity index (χ4v) is 3.58. The van der Waals surface area contributed by atoms with Gasteiger partial charge in [-0.3, -0.25) is 4.79 Å². The average Bonchev–Trinajstić information content (AvgIpc) is 3.29. The highest BCUT2D eigenvalue weighted by Crippen LogP contribution is 2.29. The number of aliphatic imine (C=N–C) groups is 1. The molecule has 4 rings (SSSR count). The quantitative estimate of drug-likeness (QED) is 0.615. The number of hydrogen-bond donors (Lipinski definition) is 0. The molecule has 3 aromatic rings. The summed E-state index contributed by atoms with van der Waals surface area (Å²) in [7, 11) is 0. The van der Waals surface area contributed by atoms with Gasteiger partial charge in [-0.2, -0.15) is 28.2 Å². The summed E-state index contributed by atoms with van der Waals surface area (Å²) >= 11 is 0. The Morgan fingerprint density at radius 2 is 1.84 bits per heavy atom. The second-order valence-corrected chi connectivity index (χ2v) is 7.49. The first-order chi connectivity index (χ1) is 15.2. The highest BCUT2D eigenvalue weighted by Gasteiger charge is 2.32. The standard InChI is InChI=1S/C21H20F3N7O/c1-13-5-6-16(18(10-13)31-27-7-8-28-31)19(32)30-9-3-4-17(14(30)2)29-20-25-11-15(12-26-20)21(22,23)24/h5-8,10-12,14H,3-4,9H2,1-2H3/t14-/m0/s1. The third-order valence-electron chi connectivity index (χ3n) is 5.27. The number of benzene rings is 1. The molecule has 0 aliphatic carbocycles. The smallest absolute Gasteiger partial charge is 0.331 e. The van der Waals surface area contributed by atoms with Crippen molar-refractivity contribution in [3.8, 4) is 5.69 Å². The number of carbonyl (C=O) groups is 1. The Bertz CT molecular complexity index is 1140. The number of hydrogen-bond acceptors (Lipinski definition) is 6. The Morgan fingerprint density at radius 1 is 1.16 bits per heavy atom. The molecule has 0 N–H and O–H groups in total. The van der Waals surface area contributed by atoms with Gasteiger partial charge in [0.1, 0.15) is 0 Å². The lowest BCUT2D eigenvalue weighted by Gasteiger charge is -2.35. The third kappa shape index (κ3) is 4.36. The van der Waals surface area contributed by atoms with Crippen molar-refractivity contribution in [1.29, 1.82) is 0 Å². The van der Waals surface area contributed by atoms with Gasteiger partial charge in [-0.15, -0.1) is 0 Å². The zero-order valence-electron chi connectivity index (χ0n) is 17.4. The molecule has 0 radical (unpaired) electrons. The minimum absolute atomic E-state index is 0.0640. The minimum atomic E-state index is -4.51. The average molecular weight is 443 g/mol. The summed E-state index contributed by atoms with van der Waals surface area (Å²) in [5, 5.41) is 8.29. The lowest BCUT2D eigenvalue weighted by Crippen LogP contribution is -2.47. The van der Waals surface area contributed by atoms with E-state index in [9.17, 15) is 18.0 Å². The zero-order valence-corrected chi connectivity index (χ0v) is 17.4. The predicted molar refractivity (Wildman–Crippen MR) is 110 cm³/mol. The summed E-state index contributed by atoms with van der Waals surface area (Å²) < 4.78 is 38.2. The maximum absolute atomic E-state index is 13.4. The van der Waals surface area contributed by atoms with E-state index in [0.29, 0.717) is 48.7 Å². The van der Waals surface area contributed by atoms with Crippen LogP contribution >= 0.6 is 0 Å². The van der Waals surface area contributed by atoms with Crippen LogP contribution in [0.25, 0.3) is 5.69 Å². The van der Waals surface area contributed by atoms with Crippen LogP contribution in [0, 0.1) is 6.92 Å². The van der Waals surface area contributed by atoms with Crippen LogP contribution in [-0.4, -0.2) is 54.1 Å². The van der Waals surface area contributed by atoms with E-state index in [4.69, 9.17) is 0 Å². The van der Waals surface area contributed by atoms with E-state index in [1.807, 2.05) is 26.0 Å². The van der Waals surface area contributed by atoms with E-state index in [0.717, 1.165) is 5.56 Å². The number of aryl methyl sites for hydroxylation is 1. The maximum Gasteiger partial charge on any atom is 0.419 e. The topological polar surface area (TPSA) is 89.2 Å². The van der Waals surface area contributed by atoms with Crippen molar-refractivity contribution in [2.75, 3.05) is 6.54 Å². The third-order valence-corrected chi connectivity index (χ3v) is 5.27. The van der Waals surface area contributed by atoms with Crippen LogP contribution in [0.4, 0.5) is 19.1 Å². The molecule has 1 saturated heterocycles. The van der Waals surface area contributed by atoms with E-state index in [1.54, 1.807) is 11.0 Å². The Labute approximate surface area is 181 Å². The molecular weight excluding hydrogens is 423 g/mol. The van der Waals surface area contributed by atoms with Crippen molar-refractivity contribution in [3.63, 3.8) is 0 Å². The van der Waals surface area contributed by atoms with Gasteiger partial charge < -0.3 is 4.90 Å². The van der Waals surface area contributed by atoms with Crippen molar-refractivity contribution in [3.05, 3.63) is 59.7 Å². The molecule has 0 bridgehead atoms. The first kappa shape index (κ1) is 21.6. The van der Waals surface area contributed by atoms with Gasteiger partial charge in [-0.05, 0) is 44.4 Å². The van der Waals surface area contributed by atoms with Crippen molar-refractivity contribution in [2.24, 2.45) is 4.99 Å². The first-order valence-corrected chi connectivity index (χ1v) is 9.99. The summed E-state index contributed by atoms with van der Waals surface area (Å²) in [6, 6.07) is 5.06. The molecule has 166 valence electrons. The number of piperidine rings is 1. The van der Waals surface area contributed by atoms with Crippen LogP contribution in [0.15, 0.2) is 48.0 Å². The molecule has 32 heavy (non-hydrogen) atoms. The Hall–Kier alpha value is -3.63. The highest BCUT2D eigenvalue weighted by molar-refractivity contribution is 6.02. The van der Waals surface area contributed by atoms with Crippen molar-refractivity contribution in [1.82, 2.24) is 29.9 Å². The SMILES string of the molecule is Cc1ccc(C(=O)N2CCCC(=Nc3ncc(C(F)(F)F)cn3)[C@@H]2C)c(-n2nccn2)c1. The van der Waals surface area contributed by atoms with Gasteiger partial charge in [0.15, 0.2) is 0 Å². The number of halogens is 3. The highest BCUT2D eigenvalue weighted by atomic mass is 19.4. The van der Waals surface area contributed by atoms with Crippen molar-refractivity contribution in [2.45, 2.75) is 38.9 Å². The van der Waals surface area contributed by atoms with Gasteiger partial charge in [0.2, 0.25) is 5.95 Å². The van der Waals surface area contributed by atoms with E-state index in [1.165, 1.54) is 17.2 Å². The van der Waals surface area contributed by atoms with Crippen LogP contribution in [0.5, 0.6) is 0 Å². The molecule has 1 aliphatic rings. The fourth-order valence-electron chi connectivity index (χ4n) is 3.58. The van der Waals surface area contributed by atoms with E-state index in [2.05, 4.69) is 25.2 Å². The Morgan fingerprint density at radius 3 is 2.50 bits per heavy atom. The van der Waals surface area contributed by atoms with E-state index in [-0.39, 0.29) is 17.9 Å². The number of likely N-dealkylation sites (tertiary alicyclic amines) is 1. The lowest BCUT2D eigenvalue weighted by molar-refractivity contribution is -0.138. The van der Waals surface area contributed by atoms with Crippen LogP contribution in [0.3, 0.4) is 0 Å². The predicted octanol–water partition coefficient (Wildman–Crippen LogP) is 3.78. The number of carbonyl (C=O) groups excluding carboxylic acids is 1. The molecule has 3 heterocycles. The lowest BCUT2D eigenvalue weighted by atomic mass is 9.99. The van der Waals surface area contributed by atoms with Gasteiger partial charge in [-0.1, -0.05) is 6.07 Å². The van der Waals surface area contributed by atoms with E-state index >= 15 is 0 Å². The second-order valence-electron chi connectivity index (χ2n) is 7.49. The number of rotatable bonds is 3. The molecule has 1 aromatic carbocycles. The normalized spacial score (nSPS) is 18.2. The maximum atomic E-state index is 13.4. The Kier molecular flexibility index (Phi) is 5.72. The van der Waals surface area contributed by atoms with Crippen LogP contribution in [0.2, 0.25) is 0 Å². The summed E-state index contributed by atoms with van der Waals surface area (Å²) in [6.07, 6.45) is 1.23. The van der Waals surface area contributed by atoms with E-state index < -0.39 is 11.7 Å². The zero-order chi connectivity index (χ0) is 22.9. The van der Waals surface area contributed by atoms with Crippen LogP contribution in [0.1, 0.15) is 41.3 Å². The fraction of sp³-hybridized carbons (Fsp3) is 0.333. The summed E-state index contributed by atoms with van der Waals surface area (Å²) in [5.41, 5.74) is 1.68. The molecular formula is C21H20F3N7O. The summed E-state index contributed by atoms with van der Waals surface area (Å²) in [4.78, 5) is 28.3. The van der Waals surface area contributed by atoms with Crippen molar-refractivity contribution < 1.29 is 18.0 Å². The number of nitrogens with zero attached hydrogens (tertiary/aromatic N) is 7. The summed E-state index contributed by atoms with van der Waals surface area (Å²) in [6.45, 7) is 4.27. The molecule has 0 saturated carbocycles. The first-order valence-electron chi connectivity index (χ1n) is 9.99. The van der Waals surface area contributed by atoms with Crippen LogP contribution < -0.4 is 0 Å². The van der Waals surface area contributed by atoms with Gasteiger partial charge in [0.25, 0.3) is 5.91 Å². The second kappa shape index (κ2) is 8.48. The van der Waals surface area contributed by atoms with Gasteiger partial charge in [-0.25, -0.2) is 15.0 Å². The molecule has 11 heteroatoms. The molecule has 8 nitrogen and oxygen atoms in total. The molecule has 2 aromatic heterocycles. The monoisotopic (exact) mass is 443 g/mol. The number of alkyl halides is 3. The number of aromatic nitrogens is 5. The van der Waals surface area contributed by atoms with Gasteiger partial charge in [0, 0.05) is 24.7 Å². The molecule has 0 unspecified atom stereocenters. The van der Waals surface area contributed by atoms with Gasteiger partial charge >= 0.3 is 6.18 Å².